The number of carbonyl (C=O) groups excluding carboxylic acids is 1. The number of anilines is 2. The zero-order chi connectivity index (χ0) is 20.1. The average molecular weight is 378 g/mol. The van der Waals surface area contributed by atoms with Crippen molar-refractivity contribution in [2.45, 2.75) is 19.3 Å². The Balaban J connectivity index is 1.66. The summed E-state index contributed by atoms with van der Waals surface area (Å²) in [5, 5.41) is 9.58. The molecule has 7 N–H and O–H groups in total. The standard InChI is InChI=1S/C21H26N6O/c22-18-6-2-1-5-17(18)21(24)19(23)14-27(25)16-9-7-15(8-10-16)13-20(28)26-11-3-4-12-26/h1-2,5-10,14,24H,3-4,11-13,22-23,25H2/b19-14-,24-21?. The Labute approximate surface area is 164 Å². The number of nitrogen functional groups attached to an aromatic ring is 1. The largest absolute Gasteiger partial charge is 0.398 e. The summed E-state index contributed by atoms with van der Waals surface area (Å²) < 4.78 is 0. The van der Waals surface area contributed by atoms with Crippen molar-refractivity contribution in [1.29, 1.82) is 5.41 Å². The van der Waals surface area contributed by atoms with Crippen LogP contribution in [0.15, 0.2) is 60.4 Å². The van der Waals surface area contributed by atoms with Crippen LogP contribution in [0.5, 0.6) is 0 Å². The summed E-state index contributed by atoms with van der Waals surface area (Å²) in [6, 6.07) is 14.5. The van der Waals surface area contributed by atoms with Gasteiger partial charge in [0.05, 0.1) is 23.5 Å². The van der Waals surface area contributed by atoms with E-state index in [-0.39, 0.29) is 17.3 Å². The van der Waals surface area contributed by atoms with Crippen LogP contribution in [0.1, 0.15) is 24.0 Å². The molecule has 0 radical (unpaired) electrons. The highest BCUT2D eigenvalue weighted by molar-refractivity contribution is 6.13. The summed E-state index contributed by atoms with van der Waals surface area (Å²) in [5.41, 5.74) is 14.9. The first-order valence-electron chi connectivity index (χ1n) is 9.27. The van der Waals surface area contributed by atoms with Crippen molar-refractivity contribution in [3.05, 3.63) is 71.6 Å². The third-order valence-electron chi connectivity index (χ3n) is 4.85. The van der Waals surface area contributed by atoms with Gasteiger partial charge in [-0.3, -0.25) is 15.2 Å². The lowest BCUT2D eigenvalue weighted by Gasteiger charge is -2.17. The highest BCUT2D eigenvalue weighted by atomic mass is 16.2. The first kappa shape index (κ1) is 19.4. The minimum Gasteiger partial charge on any atom is -0.398 e. The van der Waals surface area contributed by atoms with Gasteiger partial charge in [0, 0.05) is 30.5 Å². The fourth-order valence-electron chi connectivity index (χ4n) is 3.21. The number of nitrogens with two attached hydrogens (primary N) is 3. The number of benzene rings is 2. The van der Waals surface area contributed by atoms with E-state index in [4.69, 9.17) is 22.7 Å². The average Bonchev–Trinajstić information content (AvgIpc) is 3.23. The van der Waals surface area contributed by atoms with Crippen molar-refractivity contribution in [3.8, 4) is 0 Å². The Bertz CT molecular complexity index is 884. The van der Waals surface area contributed by atoms with Gasteiger partial charge in [0.2, 0.25) is 5.91 Å². The number of likely N-dealkylation sites (tertiary alicyclic amines) is 1. The Hall–Kier alpha value is -3.32. The SMILES string of the molecule is N=C(/C(N)=C/N(N)c1ccc(CC(=O)N2CCCC2)cc1)c1ccccc1N. The van der Waals surface area contributed by atoms with E-state index in [2.05, 4.69) is 0 Å². The van der Waals surface area contributed by atoms with Gasteiger partial charge in [-0.25, -0.2) is 5.84 Å². The molecule has 2 aromatic rings. The highest BCUT2D eigenvalue weighted by Crippen LogP contribution is 2.17. The summed E-state index contributed by atoms with van der Waals surface area (Å²) in [6.07, 6.45) is 4.05. The molecule has 3 rings (SSSR count). The molecule has 0 spiro atoms. The smallest absolute Gasteiger partial charge is 0.226 e. The van der Waals surface area contributed by atoms with Gasteiger partial charge in [0.15, 0.2) is 0 Å². The van der Waals surface area contributed by atoms with E-state index in [1.54, 1.807) is 24.3 Å². The summed E-state index contributed by atoms with van der Waals surface area (Å²) in [5.74, 6) is 6.23. The lowest BCUT2D eigenvalue weighted by molar-refractivity contribution is -0.129. The topological polar surface area (TPSA) is 125 Å². The molecule has 1 heterocycles. The zero-order valence-corrected chi connectivity index (χ0v) is 15.8. The molecule has 1 aliphatic heterocycles. The number of rotatable bonds is 6. The van der Waals surface area contributed by atoms with Crippen LogP contribution in [0.25, 0.3) is 0 Å². The third-order valence-corrected chi connectivity index (χ3v) is 4.85. The quantitative estimate of drug-likeness (QED) is 0.265. The van der Waals surface area contributed by atoms with E-state index in [1.165, 1.54) is 11.2 Å². The number of para-hydroxylation sites is 1. The normalized spacial score (nSPS) is 14.2. The van der Waals surface area contributed by atoms with Gasteiger partial charge in [-0.15, -0.1) is 0 Å². The zero-order valence-electron chi connectivity index (χ0n) is 15.8. The van der Waals surface area contributed by atoms with Crippen LogP contribution in [0.3, 0.4) is 0 Å². The van der Waals surface area contributed by atoms with E-state index in [9.17, 15) is 4.79 Å². The van der Waals surface area contributed by atoms with E-state index >= 15 is 0 Å². The molecule has 7 heteroatoms. The summed E-state index contributed by atoms with van der Waals surface area (Å²) in [7, 11) is 0. The van der Waals surface area contributed by atoms with Crippen LogP contribution in [0.4, 0.5) is 11.4 Å². The van der Waals surface area contributed by atoms with Crippen molar-refractivity contribution < 1.29 is 4.79 Å². The van der Waals surface area contributed by atoms with Crippen LogP contribution in [-0.2, 0) is 11.2 Å². The molecule has 1 fully saturated rings. The molecule has 1 amide bonds. The van der Waals surface area contributed by atoms with Crippen molar-refractivity contribution in [3.63, 3.8) is 0 Å². The van der Waals surface area contributed by atoms with Crippen LogP contribution >= 0.6 is 0 Å². The molecule has 28 heavy (non-hydrogen) atoms. The second-order valence-electron chi connectivity index (χ2n) is 6.89. The van der Waals surface area contributed by atoms with Gasteiger partial charge in [0.25, 0.3) is 0 Å². The molecule has 0 bridgehead atoms. The van der Waals surface area contributed by atoms with Gasteiger partial charge in [-0.05, 0) is 36.6 Å². The predicted molar refractivity (Wildman–Crippen MR) is 113 cm³/mol. The van der Waals surface area contributed by atoms with E-state index in [0.717, 1.165) is 31.5 Å². The first-order valence-corrected chi connectivity index (χ1v) is 9.27. The molecule has 146 valence electrons. The molecule has 0 unspecified atom stereocenters. The molecule has 2 aromatic carbocycles. The Kier molecular flexibility index (Phi) is 5.96. The number of hydrogen-bond acceptors (Lipinski definition) is 6. The fourth-order valence-corrected chi connectivity index (χ4v) is 3.21. The lowest BCUT2D eigenvalue weighted by atomic mass is 10.1. The number of nitrogens with zero attached hydrogens (tertiary/aromatic N) is 2. The second kappa shape index (κ2) is 8.58. The molecule has 1 aliphatic rings. The molecule has 0 saturated carbocycles. The molecule has 0 atom stereocenters. The van der Waals surface area contributed by atoms with Crippen molar-refractivity contribution >= 4 is 23.0 Å². The second-order valence-corrected chi connectivity index (χ2v) is 6.89. The number of nitrogens with one attached hydrogen (secondary N) is 1. The fraction of sp³-hybridized carbons (Fsp3) is 0.238. The van der Waals surface area contributed by atoms with Crippen molar-refractivity contribution in [1.82, 2.24) is 4.90 Å². The maximum atomic E-state index is 12.2. The third kappa shape index (κ3) is 4.50. The van der Waals surface area contributed by atoms with E-state index in [0.29, 0.717) is 23.4 Å². The van der Waals surface area contributed by atoms with Gasteiger partial charge in [-0.2, -0.15) is 0 Å². The van der Waals surface area contributed by atoms with Gasteiger partial charge >= 0.3 is 0 Å². The van der Waals surface area contributed by atoms with Crippen LogP contribution in [0, 0.1) is 5.41 Å². The minimum absolute atomic E-state index is 0.112. The highest BCUT2D eigenvalue weighted by Gasteiger charge is 2.18. The van der Waals surface area contributed by atoms with Gasteiger partial charge in [-0.1, -0.05) is 30.3 Å². The van der Waals surface area contributed by atoms with E-state index < -0.39 is 0 Å². The van der Waals surface area contributed by atoms with Gasteiger partial charge < -0.3 is 16.4 Å². The van der Waals surface area contributed by atoms with Crippen LogP contribution in [-0.4, -0.2) is 29.6 Å². The molecule has 0 aromatic heterocycles. The van der Waals surface area contributed by atoms with Crippen LogP contribution < -0.4 is 22.3 Å². The molecular weight excluding hydrogens is 352 g/mol. The Morgan fingerprint density at radius 1 is 1.11 bits per heavy atom. The number of hydrogen-bond donors (Lipinski definition) is 4. The Morgan fingerprint density at radius 3 is 2.39 bits per heavy atom. The van der Waals surface area contributed by atoms with Gasteiger partial charge in [0.1, 0.15) is 0 Å². The molecular formula is C21H26N6O. The summed E-state index contributed by atoms with van der Waals surface area (Å²) in [6.45, 7) is 1.71. The van der Waals surface area contributed by atoms with E-state index in [1.807, 2.05) is 29.2 Å². The lowest BCUT2D eigenvalue weighted by Crippen LogP contribution is -2.29. The molecule has 1 saturated heterocycles. The maximum Gasteiger partial charge on any atom is 0.226 e. The van der Waals surface area contributed by atoms with Crippen LogP contribution in [0.2, 0.25) is 0 Å². The molecule has 0 aliphatic carbocycles. The van der Waals surface area contributed by atoms with Crippen molar-refractivity contribution in [2.24, 2.45) is 11.6 Å². The number of carbonyl (C=O) groups is 1. The maximum absolute atomic E-state index is 12.2. The Morgan fingerprint density at radius 2 is 1.75 bits per heavy atom. The number of hydrazine groups is 1. The number of amides is 1. The monoisotopic (exact) mass is 378 g/mol. The number of allylic oxidation sites excluding steroid dienone is 1. The first-order chi connectivity index (χ1) is 13.5. The summed E-state index contributed by atoms with van der Waals surface area (Å²) >= 11 is 0. The van der Waals surface area contributed by atoms with Crippen molar-refractivity contribution in [2.75, 3.05) is 23.8 Å². The summed E-state index contributed by atoms with van der Waals surface area (Å²) in [4.78, 5) is 14.2. The molecule has 7 nitrogen and oxygen atoms in total. The predicted octanol–water partition coefficient (Wildman–Crippen LogP) is 1.98. The minimum atomic E-state index is 0.112.